The molecule has 1 aromatic carbocycles. The fraction of sp³-hybridized carbons (Fsp3) is 0.214. The maximum absolute atomic E-state index is 11.7. The number of benzene rings is 1. The smallest absolute Gasteiger partial charge is 0.274 e. The van der Waals surface area contributed by atoms with Crippen LogP contribution in [0.2, 0.25) is 5.02 Å². The standard InChI is InChI=1S/C14H14ClNO3/c15-12-7-5-11(6-8-12)14(17)16-19-10-2-4-13-3-1-9-18-13/h1,3,5-9H,2,4,10H2,(H,16,17). The molecule has 0 atom stereocenters. The number of furan rings is 1. The Morgan fingerprint density at radius 2 is 2.05 bits per heavy atom. The molecule has 0 unspecified atom stereocenters. The van der Waals surface area contributed by atoms with E-state index < -0.39 is 0 Å². The van der Waals surface area contributed by atoms with Gasteiger partial charge in [0.25, 0.3) is 5.91 Å². The van der Waals surface area contributed by atoms with Crippen molar-refractivity contribution in [3.63, 3.8) is 0 Å². The van der Waals surface area contributed by atoms with Gasteiger partial charge in [-0.15, -0.1) is 0 Å². The van der Waals surface area contributed by atoms with Crippen LogP contribution in [0.1, 0.15) is 22.5 Å². The van der Waals surface area contributed by atoms with Gasteiger partial charge in [-0.2, -0.15) is 0 Å². The number of amides is 1. The molecule has 2 rings (SSSR count). The third-order valence-corrected chi connectivity index (χ3v) is 2.77. The summed E-state index contributed by atoms with van der Waals surface area (Å²) < 4.78 is 5.19. The van der Waals surface area contributed by atoms with E-state index in [4.69, 9.17) is 20.9 Å². The van der Waals surface area contributed by atoms with Gasteiger partial charge in [-0.05, 0) is 42.8 Å². The van der Waals surface area contributed by atoms with Crippen LogP contribution in [-0.2, 0) is 11.3 Å². The average molecular weight is 280 g/mol. The molecule has 0 aliphatic heterocycles. The molecular formula is C14H14ClNO3. The third-order valence-electron chi connectivity index (χ3n) is 2.52. The summed E-state index contributed by atoms with van der Waals surface area (Å²) in [6, 6.07) is 10.4. The first-order chi connectivity index (χ1) is 9.25. The summed E-state index contributed by atoms with van der Waals surface area (Å²) in [6.45, 7) is 0.431. The largest absolute Gasteiger partial charge is 0.469 e. The normalized spacial score (nSPS) is 10.4. The Bertz CT molecular complexity index is 508. The number of hydrogen-bond acceptors (Lipinski definition) is 3. The van der Waals surface area contributed by atoms with Gasteiger partial charge in [0.1, 0.15) is 5.76 Å². The lowest BCUT2D eigenvalue weighted by Gasteiger charge is -2.05. The van der Waals surface area contributed by atoms with E-state index in [0.717, 1.165) is 18.6 Å². The van der Waals surface area contributed by atoms with Gasteiger partial charge in [0.15, 0.2) is 0 Å². The van der Waals surface area contributed by atoms with Crippen molar-refractivity contribution in [3.8, 4) is 0 Å². The molecule has 1 amide bonds. The van der Waals surface area contributed by atoms with Crippen molar-refractivity contribution in [2.75, 3.05) is 6.61 Å². The van der Waals surface area contributed by atoms with Crippen LogP contribution in [0.4, 0.5) is 0 Å². The monoisotopic (exact) mass is 279 g/mol. The Morgan fingerprint density at radius 3 is 2.74 bits per heavy atom. The van der Waals surface area contributed by atoms with Crippen LogP contribution in [-0.4, -0.2) is 12.5 Å². The second-order valence-corrected chi connectivity index (χ2v) is 4.41. The minimum absolute atomic E-state index is 0.283. The van der Waals surface area contributed by atoms with Crippen molar-refractivity contribution in [2.24, 2.45) is 0 Å². The molecule has 0 radical (unpaired) electrons. The molecule has 0 aliphatic rings. The number of hydrogen-bond donors (Lipinski definition) is 1. The lowest BCUT2D eigenvalue weighted by molar-refractivity contribution is 0.0301. The van der Waals surface area contributed by atoms with E-state index in [1.807, 2.05) is 12.1 Å². The molecular weight excluding hydrogens is 266 g/mol. The van der Waals surface area contributed by atoms with Gasteiger partial charge < -0.3 is 4.42 Å². The molecule has 0 saturated carbocycles. The number of aryl methyl sites for hydroxylation is 1. The van der Waals surface area contributed by atoms with Gasteiger partial charge in [0.2, 0.25) is 0 Å². The molecule has 5 heteroatoms. The summed E-state index contributed by atoms with van der Waals surface area (Å²) in [4.78, 5) is 16.8. The zero-order valence-corrected chi connectivity index (χ0v) is 11.0. The molecule has 4 nitrogen and oxygen atoms in total. The van der Waals surface area contributed by atoms with Crippen LogP contribution >= 0.6 is 11.6 Å². The summed E-state index contributed by atoms with van der Waals surface area (Å²) in [5.41, 5.74) is 2.90. The summed E-state index contributed by atoms with van der Waals surface area (Å²) in [5.74, 6) is 0.627. The van der Waals surface area contributed by atoms with E-state index in [-0.39, 0.29) is 5.91 Å². The van der Waals surface area contributed by atoms with E-state index >= 15 is 0 Å². The molecule has 19 heavy (non-hydrogen) atoms. The van der Waals surface area contributed by atoms with Crippen LogP contribution in [0.3, 0.4) is 0 Å². The Balaban J connectivity index is 1.65. The highest BCUT2D eigenvalue weighted by Crippen LogP contribution is 2.09. The highest BCUT2D eigenvalue weighted by Gasteiger charge is 2.04. The second-order valence-electron chi connectivity index (χ2n) is 3.97. The van der Waals surface area contributed by atoms with Crippen molar-refractivity contribution >= 4 is 17.5 Å². The first kappa shape index (κ1) is 13.6. The van der Waals surface area contributed by atoms with Crippen LogP contribution in [0, 0.1) is 0 Å². The molecule has 100 valence electrons. The Morgan fingerprint density at radius 1 is 1.26 bits per heavy atom. The topological polar surface area (TPSA) is 51.5 Å². The second kappa shape index (κ2) is 6.97. The molecule has 0 fully saturated rings. The minimum Gasteiger partial charge on any atom is -0.469 e. The maximum Gasteiger partial charge on any atom is 0.274 e. The van der Waals surface area contributed by atoms with Crippen molar-refractivity contribution in [2.45, 2.75) is 12.8 Å². The highest BCUT2D eigenvalue weighted by atomic mass is 35.5. The van der Waals surface area contributed by atoms with Crippen LogP contribution < -0.4 is 5.48 Å². The zero-order valence-electron chi connectivity index (χ0n) is 10.3. The highest BCUT2D eigenvalue weighted by molar-refractivity contribution is 6.30. The van der Waals surface area contributed by atoms with Crippen LogP contribution in [0.5, 0.6) is 0 Å². The fourth-order valence-electron chi connectivity index (χ4n) is 1.55. The lowest BCUT2D eigenvalue weighted by Crippen LogP contribution is -2.24. The average Bonchev–Trinajstić information content (AvgIpc) is 2.92. The Hall–Kier alpha value is -1.78. The number of rotatable bonds is 6. The third kappa shape index (κ3) is 4.43. The number of nitrogens with one attached hydrogen (secondary N) is 1. The summed E-state index contributed by atoms with van der Waals surface area (Å²) in [6.07, 6.45) is 3.19. The summed E-state index contributed by atoms with van der Waals surface area (Å²) in [7, 11) is 0. The molecule has 2 aromatic rings. The van der Waals surface area contributed by atoms with Crippen molar-refractivity contribution < 1.29 is 14.0 Å². The van der Waals surface area contributed by atoms with Gasteiger partial charge in [-0.25, -0.2) is 5.48 Å². The lowest BCUT2D eigenvalue weighted by atomic mass is 10.2. The SMILES string of the molecule is O=C(NOCCCc1ccco1)c1ccc(Cl)cc1. The summed E-state index contributed by atoms with van der Waals surface area (Å²) in [5, 5.41) is 0.593. The predicted octanol–water partition coefficient (Wildman–Crippen LogP) is 3.23. The molecule has 0 aliphatic carbocycles. The number of carbonyl (C=O) groups excluding carboxylic acids is 1. The van der Waals surface area contributed by atoms with E-state index in [2.05, 4.69) is 5.48 Å². The Labute approximate surface area is 116 Å². The molecule has 1 aromatic heterocycles. The maximum atomic E-state index is 11.7. The summed E-state index contributed by atoms with van der Waals surface area (Å²) >= 11 is 5.74. The van der Waals surface area contributed by atoms with E-state index in [9.17, 15) is 4.79 Å². The van der Waals surface area contributed by atoms with Crippen molar-refractivity contribution in [1.82, 2.24) is 5.48 Å². The Kier molecular flexibility index (Phi) is 5.01. The first-order valence-corrected chi connectivity index (χ1v) is 6.33. The van der Waals surface area contributed by atoms with Gasteiger partial charge in [0.05, 0.1) is 12.9 Å². The van der Waals surface area contributed by atoms with Crippen molar-refractivity contribution in [3.05, 3.63) is 59.0 Å². The quantitative estimate of drug-likeness (QED) is 0.652. The molecule has 0 bridgehead atoms. The molecule has 0 spiro atoms. The molecule has 1 N–H and O–H groups in total. The van der Waals surface area contributed by atoms with Gasteiger partial charge >= 0.3 is 0 Å². The number of hydroxylamine groups is 1. The van der Waals surface area contributed by atoms with Gasteiger partial charge in [-0.1, -0.05) is 11.6 Å². The van der Waals surface area contributed by atoms with E-state index in [1.54, 1.807) is 30.5 Å². The van der Waals surface area contributed by atoms with Crippen LogP contribution in [0.15, 0.2) is 47.1 Å². The molecule has 0 saturated heterocycles. The zero-order chi connectivity index (χ0) is 13.5. The van der Waals surface area contributed by atoms with Gasteiger partial charge in [-0.3, -0.25) is 9.63 Å². The minimum atomic E-state index is -0.283. The fourth-order valence-corrected chi connectivity index (χ4v) is 1.68. The molecule has 1 heterocycles. The number of carbonyl (C=O) groups is 1. The van der Waals surface area contributed by atoms with E-state index in [1.165, 1.54) is 0 Å². The van der Waals surface area contributed by atoms with E-state index in [0.29, 0.717) is 17.2 Å². The van der Waals surface area contributed by atoms with Crippen molar-refractivity contribution in [1.29, 1.82) is 0 Å². The van der Waals surface area contributed by atoms with Gasteiger partial charge in [0, 0.05) is 17.0 Å². The van der Waals surface area contributed by atoms with Crippen LogP contribution in [0.25, 0.3) is 0 Å². The first-order valence-electron chi connectivity index (χ1n) is 5.96. The predicted molar refractivity (Wildman–Crippen MR) is 71.9 cm³/mol. The number of halogens is 1.